The predicted molar refractivity (Wildman–Crippen MR) is 80.7 cm³/mol. The summed E-state index contributed by atoms with van der Waals surface area (Å²) in [7, 11) is 1.36. The Morgan fingerprint density at radius 2 is 1.95 bits per heavy atom. The van der Waals surface area contributed by atoms with Crippen LogP contribution in [0.25, 0.3) is 0 Å². The number of ether oxygens (including phenoxy) is 2. The second kappa shape index (κ2) is 7.26. The van der Waals surface area contributed by atoms with Crippen LogP contribution in [0, 0.1) is 5.92 Å². The SMILES string of the molecule is CCOC(=O)N1[C@H](C)[C@@H](C(=O)OC)CN1Cc1ccccc1. The lowest BCUT2D eigenvalue weighted by Gasteiger charge is -2.30. The number of hydrogen-bond acceptors (Lipinski definition) is 5. The highest BCUT2D eigenvalue weighted by molar-refractivity contribution is 5.76. The normalized spacial score (nSPS) is 21.7. The summed E-state index contributed by atoms with van der Waals surface area (Å²) in [4.78, 5) is 24.1. The van der Waals surface area contributed by atoms with Gasteiger partial charge in [-0.05, 0) is 19.4 Å². The zero-order valence-electron chi connectivity index (χ0n) is 13.2. The van der Waals surface area contributed by atoms with Crippen molar-refractivity contribution in [2.24, 2.45) is 5.92 Å². The van der Waals surface area contributed by atoms with Crippen molar-refractivity contribution in [1.82, 2.24) is 10.0 Å². The minimum Gasteiger partial charge on any atom is -0.469 e. The van der Waals surface area contributed by atoms with E-state index in [2.05, 4.69) is 0 Å². The third-order valence-corrected chi connectivity index (χ3v) is 3.85. The molecule has 1 fully saturated rings. The van der Waals surface area contributed by atoms with Crippen LogP contribution in [0.3, 0.4) is 0 Å². The van der Waals surface area contributed by atoms with Gasteiger partial charge in [0.1, 0.15) is 0 Å². The molecule has 6 heteroatoms. The van der Waals surface area contributed by atoms with Gasteiger partial charge in [0.15, 0.2) is 0 Å². The number of carbonyl (C=O) groups excluding carboxylic acids is 2. The molecule has 1 aliphatic rings. The van der Waals surface area contributed by atoms with Crippen molar-refractivity contribution >= 4 is 12.1 Å². The lowest BCUT2D eigenvalue weighted by Crippen LogP contribution is -2.45. The minimum atomic E-state index is -0.433. The summed E-state index contributed by atoms with van der Waals surface area (Å²) in [6.07, 6.45) is -0.433. The van der Waals surface area contributed by atoms with Gasteiger partial charge in [-0.1, -0.05) is 30.3 Å². The third-order valence-electron chi connectivity index (χ3n) is 3.85. The Morgan fingerprint density at radius 1 is 1.27 bits per heavy atom. The first-order valence-corrected chi connectivity index (χ1v) is 7.41. The van der Waals surface area contributed by atoms with Crippen LogP contribution in [0.4, 0.5) is 4.79 Å². The van der Waals surface area contributed by atoms with Crippen LogP contribution in [0.2, 0.25) is 0 Å². The maximum absolute atomic E-state index is 12.2. The number of carbonyl (C=O) groups is 2. The summed E-state index contributed by atoms with van der Waals surface area (Å²) in [5, 5.41) is 3.37. The molecule has 1 amide bonds. The Labute approximate surface area is 130 Å². The van der Waals surface area contributed by atoms with Gasteiger partial charge in [0.25, 0.3) is 0 Å². The van der Waals surface area contributed by atoms with Crippen LogP contribution in [-0.2, 0) is 20.8 Å². The Bertz CT molecular complexity index is 520. The van der Waals surface area contributed by atoms with Gasteiger partial charge in [0.05, 0.1) is 25.7 Å². The zero-order valence-corrected chi connectivity index (χ0v) is 13.2. The Kier molecular flexibility index (Phi) is 5.38. The molecule has 0 aromatic heterocycles. The lowest BCUT2D eigenvalue weighted by molar-refractivity contribution is -0.145. The van der Waals surface area contributed by atoms with Crippen LogP contribution < -0.4 is 0 Å². The number of hydrazine groups is 1. The van der Waals surface area contributed by atoms with Crippen molar-refractivity contribution in [2.75, 3.05) is 20.3 Å². The summed E-state index contributed by atoms with van der Waals surface area (Å²) in [6, 6.07) is 9.51. The van der Waals surface area contributed by atoms with Crippen molar-refractivity contribution in [3.8, 4) is 0 Å². The van der Waals surface area contributed by atoms with Gasteiger partial charge in [-0.25, -0.2) is 14.8 Å². The monoisotopic (exact) mass is 306 g/mol. The van der Waals surface area contributed by atoms with Crippen LogP contribution >= 0.6 is 0 Å². The Morgan fingerprint density at radius 3 is 2.55 bits per heavy atom. The highest BCUT2D eigenvalue weighted by atomic mass is 16.6. The predicted octanol–water partition coefficient (Wildman–Crippen LogP) is 2.05. The fourth-order valence-electron chi connectivity index (χ4n) is 2.72. The van der Waals surface area contributed by atoms with E-state index in [-0.39, 0.29) is 17.9 Å². The van der Waals surface area contributed by atoms with Gasteiger partial charge in [-0.3, -0.25) is 4.79 Å². The van der Waals surface area contributed by atoms with Crippen LogP contribution in [0.15, 0.2) is 30.3 Å². The van der Waals surface area contributed by atoms with Gasteiger partial charge < -0.3 is 9.47 Å². The molecular formula is C16H22N2O4. The molecule has 1 saturated heterocycles. The van der Waals surface area contributed by atoms with Crippen LogP contribution in [0.5, 0.6) is 0 Å². The molecule has 2 rings (SSSR count). The van der Waals surface area contributed by atoms with E-state index in [1.54, 1.807) is 6.92 Å². The van der Waals surface area contributed by atoms with E-state index in [9.17, 15) is 9.59 Å². The van der Waals surface area contributed by atoms with Crippen LogP contribution in [0.1, 0.15) is 19.4 Å². The van der Waals surface area contributed by atoms with Crippen molar-refractivity contribution in [3.63, 3.8) is 0 Å². The smallest absolute Gasteiger partial charge is 0.424 e. The molecule has 0 saturated carbocycles. The fraction of sp³-hybridized carbons (Fsp3) is 0.500. The number of benzene rings is 1. The molecule has 0 spiro atoms. The second-order valence-electron chi connectivity index (χ2n) is 5.25. The summed E-state index contributed by atoms with van der Waals surface area (Å²) in [5.41, 5.74) is 1.06. The molecule has 120 valence electrons. The third kappa shape index (κ3) is 3.39. The summed E-state index contributed by atoms with van der Waals surface area (Å²) in [5.74, 6) is -0.685. The van der Waals surface area contributed by atoms with Gasteiger partial charge in [-0.15, -0.1) is 0 Å². The molecule has 1 aromatic carbocycles. The van der Waals surface area contributed by atoms with Crippen molar-refractivity contribution < 1.29 is 19.1 Å². The molecule has 0 bridgehead atoms. The minimum absolute atomic E-state index is 0.296. The first-order chi connectivity index (χ1) is 10.6. The highest BCUT2D eigenvalue weighted by Crippen LogP contribution is 2.27. The highest BCUT2D eigenvalue weighted by Gasteiger charge is 2.44. The molecule has 0 aliphatic carbocycles. The van der Waals surface area contributed by atoms with E-state index in [0.29, 0.717) is 19.7 Å². The standard InChI is InChI=1S/C16H22N2O4/c1-4-22-16(20)18-12(2)14(15(19)21-3)11-17(18)10-13-8-6-5-7-9-13/h5-9,12,14H,4,10-11H2,1-3H3/t12-,14+/m1/s1. The molecular weight excluding hydrogens is 284 g/mol. The van der Waals surface area contributed by atoms with Crippen LogP contribution in [-0.4, -0.2) is 48.4 Å². The zero-order chi connectivity index (χ0) is 16.1. The molecule has 1 aromatic rings. The quantitative estimate of drug-likeness (QED) is 0.797. The molecule has 0 radical (unpaired) electrons. The number of nitrogens with zero attached hydrogens (tertiary/aromatic N) is 2. The van der Waals surface area contributed by atoms with Gasteiger partial charge in [0, 0.05) is 13.1 Å². The largest absolute Gasteiger partial charge is 0.469 e. The molecule has 1 heterocycles. The maximum atomic E-state index is 12.2. The van der Waals surface area contributed by atoms with Crippen molar-refractivity contribution in [2.45, 2.75) is 26.4 Å². The number of rotatable bonds is 4. The maximum Gasteiger partial charge on any atom is 0.424 e. The lowest BCUT2D eigenvalue weighted by atomic mass is 10.0. The topological polar surface area (TPSA) is 59.1 Å². The average molecular weight is 306 g/mol. The van der Waals surface area contributed by atoms with E-state index in [1.165, 1.54) is 12.1 Å². The van der Waals surface area contributed by atoms with Crippen molar-refractivity contribution in [3.05, 3.63) is 35.9 Å². The molecule has 0 N–H and O–H groups in total. The van der Waals surface area contributed by atoms with E-state index >= 15 is 0 Å². The number of esters is 1. The van der Waals surface area contributed by atoms with Gasteiger partial charge >= 0.3 is 12.1 Å². The summed E-state index contributed by atoms with van der Waals surface area (Å²) >= 11 is 0. The number of amides is 1. The van der Waals surface area contributed by atoms with E-state index in [1.807, 2.05) is 42.3 Å². The second-order valence-corrected chi connectivity index (χ2v) is 5.25. The molecule has 22 heavy (non-hydrogen) atoms. The first-order valence-electron chi connectivity index (χ1n) is 7.41. The molecule has 2 atom stereocenters. The molecule has 0 unspecified atom stereocenters. The van der Waals surface area contributed by atoms with E-state index in [0.717, 1.165) is 5.56 Å². The summed E-state index contributed by atoms with van der Waals surface area (Å²) < 4.78 is 9.97. The van der Waals surface area contributed by atoms with Crippen molar-refractivity contribution in [1.29, 1.82) is 0 Å². The average Bonchev–Trinajstić information content (AvgIpc) is 2.84. The number of methoxy groups -OCH3 is 1. The summed E-state index contributed by atoms with van der Waals surface area (Å²) in [6.45, 7) is 4.87. The Hall–Kier alpha value is -2.08. The Balaban J connectivity index is 2.20. The van der Waals surface area contributed by atoms with Gasteiger partial charge in [0.2, 0.25) is 0 Å². The van der Waals surface area contributed by atoms with E-state index in [4.69, 9.17) is 9.47 Å². The van der Waals surface area contributed by atoms with E-state index < -0.39 is 6.09 Å². The number of hydrogen-bond donors (Lipinski definition) is 0. The molecule has 1 aliphatic heterocycles. The first kappa shape index (κ1) is 16.3. The fourth-order valence-corrected chi connectivity index (χ4v) is 2.72. The molecule has 6 nitrogen and oxygen atoms in total. The van der Waals surface area contributed by atoms with Gasteiger partial charge in [-0.2, -0.15) is 0 Å².